The monoisotopic (exact) mass is 258 g/mol. The van der Waals surface area contributed by atoms with E-state index in [4.69, 9.17) is 0 Å². The molecule has 0 aliphatic rings. The zero-order valence-electron chi connectivity index (χ0n) is 5.61. The normalized spacial score (nSPS) is 8.70. The van der Waals surface area contributed by atoms with Gasteiger partial charge in [0.1, 0.15) is 0 Å². The smallest absolute Gasteiger partial charge is 0.0617 e. The van der Waals surface area contributed by atoms with Crippen LogP contribution < -0.4 is 0 Å². The van der Waals surface area contributed by atoms with Crippen LogP contribution in [0.3, 0.4) is 0 Å². The van der Waals surface area contributed by atoms with E-state index in [0.29, 0.717) is 0 Å². The molecule has 52 valence electrons. The number of hydrogen-bond acceptors (Lipinski definition) is 0. The second-order valence-electron chi connectivity index (χ2n) is 2.21. The van der Waals surface area contributed by atoms with Crippen molar-refractivity contribution in [1.82, 2.24) is 0 Å². The maximum Gasteiger partial charge on any atom is 0.316 e. The largest absolute Gasteiger partial charge is 0.316 e. The Hall–Kier alpha value is 0.716. The molecule has 0 heterocycles. The molecule has 0 atom stereocenters. The summed E-state index contributed by atoms with van der Waals surface area (Å²) < 4.78 is 1.38. The fourth-order valence-electron chi connectivity index (χ4n) is 0.794. The first-order chi connectivity index (χ1) is 4.22. The van der Waals surface area contributed by atoms with Crippen LogP contribution in [0, 0.1) is 17.4 Å². The number of halogens is 1. The summed E-state index contributed by atoms with van der Waals surface area (Å²) in [7, 11) is 0. The predicted molar refractivity (Wildman–Crippen MR) is 57.2 cm³/mol. The Morgan fingerprint density at radius 2 is 1.50 bits per heavy atom. The summed E-state index contributed by atoms with van der Waals surface area (Å²) >= 11 is 2.37. The summed E-state index contributed by atoms with van der Waals surface area (Å²) in [6.07, 6.45) is 0. The van der Waals surface area contributed by atoms with E-state index in [0.717, 1.165) is 0 Å². The lowest BCUT2D eigenvalue weighted by molar-refractivity contribution is 1.34. The van der Waals surface area contributed by atoms with E-state index in [9.17, 15) is 0 Å². The molecule has 0 aliphatic carbocycles. The van der Waals surface area contributed by atoms with Crippen LogP contribution >= 0.6 is 22.6 Å². The lowest BCUT2D eigenvalue weighted by atomic mass is 10.2. The maximum atomic E-state index is 2.37. The van der Waals surface area contributed by atoms with E-state index in [1.54, 1.807) is 0 Å². The topological polar surface area (TPSA) is 0 Å². The van der Waals surface area contributed by atoms with E-state index < -0.39 is 0 Å². The molecule has 1 aromatic rings. The molecular weight excluding hydrogens is 247 g/mol. The van der Waals surface area contributed by atoms with Gasteiger partial charge in [-0.2, -0.15) is 0 Å². The van der Waals surface area contributed by atoms with Gasteiger partial charge in [0.2, 0.25) is 0 Å². The van der Waals surface area contributed by atoms with Crippen molar-refractivity contribution in [2.45, 2.75) is 13.8 Å². The first-order valence-electron chi connectivity index (χ1n) is 2.93. The van der Waals surface area contributed by atoms with E-state index in [1.807, 2.05) is 0 Å². The van der Waals surface area contributed by atoms with Crippen molar-refractivity contribution in [3.05, 3.63) is 32.9 Å². The number of aryl methyl sites for hydroxylation is 2. The van der Waals surface area contributed by atoms with Crippen molar-refractivity contribution in [1.29, 1.82) is 0 Å². The van der Waals surface area contributed by atoms with E-state index >= 15 is 0 Å². The summed E-state index contributed by atoms with van der Waals surface area (Å²) in [5.74, 6) is 0. The second-order valence-corrected chi connectivity index (χ2v) is 3.28. The first-order valence-corrected chi connectivity index (χ1v) is 4.01. The molecule has 1 rings (SSSR count). The molecule has 0 radical (unpaired) electrons. The van der Waals surface area contributed by atoms with Gasteiger partial charge in [-0.3, -0.25) is 0 Å². The molecule has 0 saturated heterocycles. The molecule has 0 unspecified atom stereocenters. The van der Waals surface area contributed by atoms with Crippen LogP contribution in [0.15, 0.2) is 18.2 Å². The third-order valence-electron chi connectivity index (χ3n) is 1.38. The van der Waals surface area contributed by atoms with Gasteiger partial charge < -0.3 is 0 Å². The van der Waals surface area contributed by atoms with E-state index in [-0.39, 0.29) is 23.1 Å². The summed E-state index contributed by atoms with van der Waals surface area (Å²) in [6.45, 7) is 4.27. The fourth-order valence-corrected chi connectivity index (χ4v) is 1.15. The maximum absolute atomic E-state index is 2.37. The Kier molecular flexibility index (Phi) is 4.89. The molecule has 0 saturated carbocycles. The van der Waals surface area contributed by atoms with Crippen molar-refractivity contribution < 1.29 is 0 Å². The number of hydrogen-bond donors (Lipinski definition) is 0. The second kappa shape index (κ2) is 4.56. The van der Waals surface area contributed by atoms with Crippen LogP contribution in [-0.2, 0) is 0 Å². The van der Waals surface area contributed by atoms with Crippen LogP contribution in [0.2, 0.25) is 0 Å². The minimum atomic E-state index is 0. The minimum absolute atomic E-state index is 0. The zero-order valence-corrected chi connectivity index (χ0v) is 7.77. The van der Waals surface area contributed by atoms with Crippen LogP contribution in [0.4, 0.5) is 0 Å². The van der Waals surface area contributed by atoms with Crippen molar-refractivity contribution in [3.63, 3.8) is 0 Å². The summed E-state index contributed by atoms with van der Waals surface area (Å²) in [5, 5.41) is 0. The molecule has 1 aromatic carbocycles. The third kappa shape index (κ3) is 2.40. The lowest BCUT2D eigenvalue weighted by Gasteiger charge is -1.98. The summed E-state index contributed by atoms with van der Waals surface area (Å²) in [6, 6.07) is 6.36. The SMILES string of the molecule is Cc1cccc(C)c1I.[MgH2]. The van der Waals surface area contributed by atoms with Crippen molar-refractivity contribution in [2.24, 2.45) is 0 Å². The standard InChI is InChI=1S/C8H9I.Mg.2H/c1-6-4-3-5-7(2)8(6)9;;;/h3-5H,1-2H3;;;. The Morgan fingerprint density at radius 3 is 1.80 bits per heavy atom. The minimum Gasteiger partial charge on any atom is -0.0617 e. The first kappa shape index (κ1) is 10.7. The number of rotatable bonds is 0. The molecule has 0 amide bonds. The van der Waals surface area contributed by atoms with E-state index in [2.05, 4.69) is 54.6 Å². The van der Waals surface area contributed by atoms with Crippen molar-refractivity contribution >= 4 is 45.6 Å². The summed E-state index contributed by atoms with van der Waals surface area (Å²) in [5.41, 5.74) is 2.74. The quantitative estimate of drug-likeness (QED) is 0.493. The molecule has 0 N–H and O–H groups in total. The van der Waals surface area contributed by atoms with Gasteiger partial charge in [0.05, 0.1) is 0 Å². The average Bonchev–Trinajstić information content (AvgIpc) is 1.83. The van der Waals surface area contributed by atoms with Gasteiger partial charge in [0.25, 0.3) is 0 Å². The van der Waals surface area contributed by atoms with Crippen LogP contribution in [-0.4, -0.2) is 23.1 Å². The highest BCUT2D eigenvalue weighted by Crippen LogP contribution is 2.14. The van der Waals surface area contributed by atoms with E-state index in [1.165, 1.54) is 14.7 Å². The molecule has 0 nitrogen and oxygen atoms in total. The Labute approximate surface area is 91.7 Å². The van der Waals surface area contributed by atoms with Crippen LogP contribution in [0.25, 0.3) is 0 Å². The molecule has 0 fully saturated rings. The molecule has 2 heteroatoms. The molecule has 0 bridgehead atoms. The highest BCUT2D eigenvalue weighted by atomic mass is 127. The van der Waals surface area contributed by atoms with Crippen molar-refractivity contribution in [2.75, 3.05) is 0 Å². The molecule has 10 heavy (non-hydrogen) atoms. The van der Waals surface area contributed by atoms with Crippen molar-refractivity contribution in [3.8, 4) is 0 Å². The molecule has 0 aliphatic heterocycles. The van der Waals surface area contributed by atoms with Gasteiger partial charge >= 0.3 is 23.1 Å². The van der Waals surface area contributed by atoms with Gasteiger partial charge in [0, 0.05) is 3.57 Å². The van der Waals surface area contributed by atoms with Gasteiger partial charge in [-0.15, -0.1) is 0 Å². The molecule has 0 spiro atoms. The van der Waals surface area contributed by atoms with Crippen LogP contribution in [0.1, 0.15) is 11.1 Å². The highest BCUT2D eigenvalue weighted by molar-refractivity contribution is 14.1. The Balaban J connectivity index is 0.000000810. The third-order valence-corrected chi connectivity index (χ3v) is 3.09. The fraction of sp³-hybridized carbons (Fsp3) is 0.250. The van der Waals surface area contributed by atoms with Gasteiger partial charge in [0.15, 0.2) is 0 Å². The molecular formula is C8H11IMg. The van der Waals surface area contributed by atoms with Crippen LogP contribution in [0.5, 0.6) is 0 Å². The Morgan fingerprint density at radius 1 is 1.10 bits per heavy atom. The molecule has 0 aromatic heterocycles. The Bertz CT molecular complexity index is 200. The van der Waals surface area contributed by atoms with Gasteiger partial charge in [-0.1, -0.05) is 18.2 Å². The highest BCUT2D eigenvalue weighted by Gasteiger charge is 1.93. The summed E-state index contributed by atoms with van der Waals surface area (Å²) in [4.78, 5) is 0. The average molecular weight is 258 g/mol. The zero-order chi connectivity index (χ0) is 6.85. The predicted octanol–water partition coefficient (Wildman–Crippen LogP) is 1.99. The lowest BCUT2D eigenvalue weighted by Crippen LogP contribution is -1.82. The van der Waals surface area contributed by atoms with Gasteiger partial charge in [-0.25, -0.2) is 0 Å². The number of benzene rings is 1. The van der Waals surface area contributed by atoms with Gasteiger partial charge in [-0.05, 0) is 47.6 Å².